The predicted octanol–water partition coefficient (Wildman–Crippen LogP) is 4.52. The summed E-state index contributed by atoms with van der Waals surface area (Å²) in [5, 5.41) is 1.77. The Morgan fingerprint density at radius 1 is 1.00 bits per heavy atom. The first kappa shape index (κ1) is 19.4. The maximum atomic E-state index is 13.0. The van der Waals surface area contributed by atoms with Gasteiger partial charge < -0.3 is 14.1 Å². The quantitative estimate of drug-likeness (QED) is 0.497. The summed E-state index contributed by atoms with van der Waals surface area (Å²) in [5.41, 5.74) is 2.25. The molecule has 0 aliphatic carbocycles. The lowest BCUT2D eigenvalue weighted by Gasteiger charge is -2.16. The van der Waals surface area contributed by atoms with E-state index in [1.54, 1.807) is 29.2 Å². The molecule has 1 fully saturated rings. The van der Waals surface area contributed by atoms with Crippen LogP contribution in [0.1, 0.15) is 12.8 Å². The molecule has 1 aliphatic rings. The van der Waals surface area contributed by atoms with Crippen LogP contribution in [0.2, 0.25) is 0 Å². The van der Waals surface area contributed by atoms with Crippen molar-refractivity contribution in [2.24, 2.45) is 0 Å². The molecule has 158 valence electrons. The average Bonchev–Trinajstić information content (AvgIpc) is 3.35. The fraction of sp³-hybridized carbons (Fsp3) is 0.174. The number of fused-ring (bicyclic) bond motifs is 3. The van der Waals surface area contributed by atoms with E-state index in [9.17, 15) is 13.2 Å². The highest BCUT2D eigenvalue weighted by atomic mass is 32.2. The molecule has 0 saturated carbocycles. The van der Waals surface area contributed by atoms with Crippen LogP contribution in [-0.2, 0) is 14.8 Å². The standard InChI is InChI=1S/C23H20N2O5S/c1-29-22-13-18-17-5-2-3-6-20(17)30-21(18)14-19(22)24-31(27,28)16-10-8-15(9-11-16)25-12-4-7-23(25)26/h2-3,5-6,8-11,13-14,24H,4,7,12H2,1H3. The van der Waals surface area contributed by atoms with Crippen LogP contribution in [0.3, 0.4) is 0 Å². The van der Waals surface area contributed by atoms with Gasteiger partial charge in [-0.05, 0) is 42.8 Å². The minimum absolute atomic E-state index is 0.0533. The Hall–Kier alpha value is -3.52. The number of ether oxygens (including phenoxy) is 1. The monoisotopic (exact) mass is 436 g/mol. The second-order valence-electron chi connectivity index (χ2n) is 7.40. The number of carbonyl (C=O) groups is 1. The summed E-state index contributed by atoms with van der Waals surface area (Å²) in [6, 6.07) is 17.3. The fourth-order valence-corrected chi connectivity index (χ4v) is 4.99. The maximum Gasteiger partial charge on any atom is 0.262 e. The smallest absolute Gasteiger partial charge is 0.262 e. The number of anilines is 2. The number of furan rings is 1. The van der Waals surface area contributed by atoms with Crippen molar-refractivity contribution < 1.29 is 22.4 Å². The van der Waals surface area contributed by atoms with Crippen molar-refractivity contribution in [3.63, 3.8) is 0 Å². The van der Waals surface area contributed by atoms with Gasteiger partial charge in [-0.25, -0.2) is 8.42 Å². The number of methoxy groups -OCH3 is 1. The molecule has 0 atom stereocenters. The van der Waals surface area contributed by atoms with Crippen molar-refractivity contribution in [2.75, 3.05) is 23.3 Å². The number of rotatable bonds is 5. The third kappa shape index (κ3) is 3.38. The molecule has 1 aliphatic heterocycles. The second-order valence-corrected chi connectivity index (χ2v) is 9.08. The zero-order valence-corrected chi connectivity index (χ0v) is 17.6. The maximum absolute atomic E-state index is 13.0. The Bertz CT molecular complexity index is 1410. The van der Waals surface area contributed by atoms with Gasteiger partial charge in [-0.3, -0.25) is 9.52 Å². The first-order chi connectivity index (χ1) is 15.0. The molecular formula is C23H20N2O5S. The Morgan fingerprint density at radius 2 is 1.77 bits per heavy atom. The molecule has 1 saturated heterocycles. The molecule has 0 spiro atoms. The molecule has 7 nitrogen and oxygen atoms in total. The third-order valence-electron chi connectivity index (χ3n) is 5.48. The molecular weight excluding hydrogens is 416 g/mol. The van der Waals surface area contributed by atoms with Crippen molar-refractivity contribution in [3.8, 4) is 5.75 Å². The molecule has 3 aromatic carbocycles. The number of benzene rings is 3. The van der Waals surface area contributed by atoms with E-state index < -0.39 is 10.0 Å². The molecule has 5 rings (SSSR count). The Balaban J connectivity index is 1.49. The van der Waals surface area contributed by atoms with Gasteiger partial charge in [-0.1, -0.05) is 18.2 Å². The van der Waals surface area contributed by atoms with Crippen LogP contribution in [0.25, 0.3) is 21.9 Å². The van der Waals surface area contributed by atoms with E-state index in [1.807, 2.05) is 24.3 Å². The summed E-state index contributed by atoms with van der Waals surface area (Å²) in [7, 11) is -2.38. The second kappa shape index (κ2) is 7.31. The van der Waals surface area contributed by atoms with E-state index in [4.69, 9.17) is 9.15 Å². The molecule has 1 N–H and O–H groups in total. The van der Waals surface area contributed by atoms with Crippen LogP contribution < -0.4 is 14.4 Å². The van der Waals surface area contributed by atoms with Gasteiger partial charge in [0.25, 0.3) is 10.0 Å². The highest BCUT2D eigenvalue weighted by molar-refractivity contribution is 7.92. The SMILES string of the molecule is COc1cc2c(cc1NS(=O)(=O)c1ccc(N3CCCC3=O)cc1)oc1ccccc12. The van der Waals surface area contributed by atoms with Gasteiger partial charge >= 0.3 is 0 Å². The van der Waals surface area contributed by atoms with Crippen LogP contribution in [0, 0.1) is 0 Å². The molecule has 0 bridgehead atoms. The minimum Gasteiger partial charge on any atom is -0.495 e. The molecule has 0 unspecified atom stereocenters. The predicted molar refractivity (Wildman–Crippen MR) is 119 cm³/mol. The lowest BCUT2D eigenvalue weighted by Crippen LogP contribution is -2.23. The van der Waals surface area contributed by atoms with Crippen molar-refractivity contribution in [1.82, 2.24) is 0 Å². The van der Waals surface area contributed by atoms with Gasteiger partial charge in [0.1, 0.15) is 16.9 Å². The van der Waals surface area contributed by atoms with Crippen molar-refractivity contribution >= 4 is 49.2 Å². The van der Waals surface area contributed by atoms with Gasteiger partial charge in [0, 0.05) is 35.5 Å². The highest BCUT2D eigenvalue weighted by Gasteiger charge is 2.23. The molecule has 0 radical (unpaired) electrons. The fourth-order valence-electron chi connectivity index (χ4n) is 3.93. The Kier molecular flexibility index (Phi) is 4.59. The van der Waals surface area contributed by atoms with Gasteiger partial charge in [-0.2, -0.15) is 0 Å². The lowest BCUT2D eigenvalue weighted by atomic mass is 10.1. The summed E-state index contributed by atoms with van der Waals surface area (Å²) in [5.74, 6) is 0.444. The van der Waals surface area contributed by atoms with E-state index in [1.165, 1.54) is 19.2 Å². The molecule has 2 heterocycles. The summed E-state index contributed by atoms with van der Waals surface area (Å²) < 4.78 is 39.9. The summed E-state index contributed by atoms with van der Waals surface area (Å²) in [4.78, 5) is 13.7. The van der Waals surface area contributed by atoms with E-state index in [0.29, 0.717) is 35.6 Å². The first-order valence-corrected chi connectivity index (χ1v) is 11.4. The number of hydrogen-bond acceptors (Lipinski definition) is 5. The number of carbonyl (C=O) groups excluding carboxylic acids is 1. The number of nitrogens with one attached hydrogen (secondary N) is 1. The van der Waals surface area contributed by atoms with Gasteiger partial charge in [0.2, 0.25) is 5.91 Å². The Morgan fingerprint density at radius 3 is 2.48 bits per heavy atom. The molecule has 8 heteroatoms. The number of amides is 1. The van der Waals surface area contributed by atoms with Crippen molar-refractivity contribution in [2.45, 2.75) is 17.7 Å². The van der Waals surface area contributed by atoms with Gasteiger partial charge in [0.15, 0.2) is 0 Å². The number of hydrogen-bond donors (Lipinski definition) is 1. The zero-order chi connectivity index (χ0) is 21.6. The largest absolute Gasteiger partial charge is 0.495 e. The number of para-hydroxylation sites is 1. The summed E-state index contributed by atoms with van der Waals surface area (Å²) in [6.45, 7) is 0.651. The van der Waals surface area contributed by atoms with E-state index in [0.717, 1.165) is 17.2 Å². The van der Waals surface area contributed by atoms with Gasteiger partial charge in [-0.15, -0.1) is 0 Å². The van der Waals surface area contributed by atoms with Gasteiger partial charge in [0.05, 0.1) is 17.7 Å². The van der Waals surface area contributed by atoms with Crippen LogP contribution in [0.15, 0.2) is 70.0 Å². The van der Waals surface area contributed by atoms with Crippen LogP contribution >= 0.6 is 0 Å². The molecule has 31 heavy (non-hydrogen) atoms. The normalized spacial score (nSPS) is 14.5. The minimum atomic E-state index is -3.87. The highest BCUT2D eigenvalue weighted by Crippen LogP contribution is 2.37. The summed E-state index contributed by atoms with van der Waals surface area (Å²) >= 11 is 0. The topological polar surface area (TPSA) is 88.9 Å². The lowest BCUT2D eigenvalue weighted by molar-refractivity contribution is -0.117. The van der Waals surface area contributed by atoms with Crippen LogP contribution in [0.4, 0.5) is 11.4 Å². The van der Waals surface area contributed by atoms with E-state index in [-0.39, 0.29) is 16.5 Å². The first-order valence-electron chi connectivity index (χ1n) is 9.89. The number of nitrogens with zero attached hydrogens (tertiary/aromatic N) is 1. The molecule has 4 aromatic rings. The average molecular weight is 436 g/mol. The van der Waals surface area contributed by atoms with Crippen molar-refractivity contribution in [3.05, 3.63) is 60.7 Å². The zero-order valence-electron chi connectivity index (χ0n) is 16.8. The molecule has 1 aromatic heterocycles. The van der Waals surface area contributed by atoms with Crippen LogP contribution in [-0.4, -0.2) is 28.0 Å². The van der Waals surface area contributed by atoms with Crippen molar-refractivity contribution in [1.29, 1.82) is 0 Å². The van der Waals surface area contributed by atoms with Crippen LogP contribution in [0.5, 0.6) is 5.75 Å². The third-order valence-corrected chi connectivity index (χ3v) is 6.86. The van der Waals surface area contributed by atoms with E-state index in [2.05, 4.69) is 4.72 Å². The number of sulfonamides is 1. The van der Waals surface area contributed by atoms with E-state index >= 15 is 0 Å². The molecule has 1 amide bonds. The summed E-state index contributed by atoms with van der Waals surface area (Å²) in [6.07, 6.45) is 1.33. The Labute approximate surface area is 179 Å².